The Labute approximate surface area is 108 Å². The van der Waals surface area contributed by atoms with Gasteiger partial charge in [0.15, 0.2) is 0 Å². The quantitative estimate of drug-likeness (QED) is 0.795. The van der Waals surface area contributed by atoms with Crippen LogP contribution in [0.1, 0.15) is 27.2 Å². The van der Waals surface area contributed by atoms with Gasteiger partial charge in [-0.1, -0.05) is 6.92 Å². The van der Waals surface area contributed by atoms with Crippen LogP contribution in [-0.4, -0.2) is 37.0 Å². The molecule has 1 aliphatic rings. The molecule has 0 radical (unpaired) electrons. The molecule has 0 bridgehead atoms. The lowest BCUT2D eigenvalue weighted by molar-refractivity contribution is -0.300. The van der Waals surface area contributed by atoms with Crippen molar-refractivity contribution >= 4 is 11.9 Å². The van der Waals surface area contributed by atoms with Crippen molar-refractivity contribution in [2.75, 3.05) is 13.2 Å². The molecule has 0 spiro atoms. The minimum absolute atomic E-state index is 0.249. The molecule has 8 heteroatoms. The van der Waals surface area contributed by atoms with E-state index in [-0.39, 0.29) is 13.0 Å². The van der Waals surface area contributed by atoms with E-state index in [1.165, 1.54) is 13.8 Å². The summed E-state index contributed by atoms with van der Waals surface area (Å²) in [4.78, 5) is 23.3. The highest BCUT2D eigenvalue weighted by atomic mass is 19.4. The van der Waals surface area contributed by atoms with Crippen molar-refractivity contribution < 1.29 is 32.2 Å². The number of carbonyl (C=O) groups excluding carboxylic acids is 2. The number of hydrogen-bond acceptors (Lipinski definition) is 4. The van der Waals surface area contributed by atoms with E-state index in [1.807, 2.05) is 0 Å². The fourth-order valence-corrected chi connectivity index (χ4v) is 1.55. The maximum atomic E-state index is 13.1. The van der Waals surface area contributed by atoms with E-state index in [0.717, 1.165) is 0 Å². The van der Waals surface area contributed by atoms with Crippen LogP contribution in [0.3, 0.4) is 0 Å². The van der Waals surface area contributed by atoms with Gasteiger partial charge in [0, 0.05) is 0 Å². The standard InChI is InChI=1S/C11H16F3NO4/c1-4-9(3)6-19-10(11(12,13)14,15-7(9)16)8(17)18-5-2/h4-6H2,1-3H3,(H,15,16). The zero-order valence-corrected chi connectivity index (χ0v) is 10.9. The van der Waals surface area contributed by atoms with Crippen LogP contribution in [0.25, 0.3) is 0 Å². The molecular formula is C11H16F3NO4. The number of hydrogen-bond donors (Lipinski definition) is 1. The van der Waals surface area contributed by atoms with E-state index >= 15 is 0 Å². The molecule has 1 heterocycles. The topological polar surface area (TPSA) is 64.6 Å². The van der Waals surface area contributed by atoms with Crippen LogP contribution in [0.5, 0.6) is 0 Å². The molecule has 0 saturated carbocycles. The number of rotatable bonds is 3. The minimum Gasteiger partial charge on any atom is -0.462 e. The number of nitrogens with one attached hydrogen (secondary N) is 1. The van der Waals surface area contributed by atoms with E-state index in [2.05, 4.69) is 9.47 Å². The Morgan fingerprint density at radius 1 is 1.47 bits per heavy atom. The van der Waals surface area contributed by atoms with E-state index in [9.17, 15) is 22.8 Å². The summed E-state index contributed by atoms with van der Waals surface area (Å²) in [6, 6.07) is 0. The molecular weight excluding hydrogens is 267 g/mol. The summed E-state index contributed by atoms with van der Waals surface area (Å²) in [5.74, 6) is -2.54. The molecule has 1 N–H and O–H groups in total. The Balaban J connectivity index is 3.11. The van der Waals surface area contributed by atoms with Gasteiger partial charge in [-0.25, -0.2) is 4.79 Å². The molecule has 110 valence electrons. The van der Waals surface area contributed by atoms with Gasteiger partial charge in [-0.3, -0.25) is 4.79 Å². The highest BCUT2D eigenvalue weighted by Crippen LogP contribution is 2.39. The highest BCUT2D eigenvalue weighted by molar-refractivity contribution is 5.91. The van der Waals surface area contributed by atoms with Crippen molar-refractivity contribution in [3.05, 3.63) is 0 Å². The van der Waals surface area contributed by atoms with Crippen LogP contribution in [0, 0.1) is 5.41 Å². The summed E-state index contributed by atoms with van der Waals surface area (Å²) in [5, 5.41) is 1.64. The zero-order chi connectivity index (χ0) is 14.9. The molecule has 0 aromatic carbocycles. The molecule has 1 fully saturated rings. The average molecular weight is 283 g/mol. The van der Waals surface area contributed by atoms with Gasteiger partial charge in [-0.2, -0.15) is 13.2 Å². The van der Waals surface area contributed by atoms with Crippen LogP contribution in [0.4, 0.5) is 13.2 Å². The summed E-state index contributed by atoms with van der Waals surface area (Å²) >= 11 is 0. The van der Waals surface area contributed by atoms with Gasteiger partial charge < -0.3 is 14.8 Å². The average Bonchev–Trinajstić information content (AvgIpc) is 2.31. The monoisotopic (exact) mass is 283 g/mol. The van der Waals surface area contributed by atoms with Crippen molar-refractivity contribution in [2.45, 2.75) is 39.1 Å². The van der Waals surface area contributed by atoms with E-state index < -0.39 is 35.8 Å². The fourth-order valence-electron chi connectivity index (χ4n) is 1.55. The lowest BCUT2D eigenvalue weighted by Crippen LogP contribution is -2.72. The normalized spacial score (nSPS) is 31.8. The predicted octanol–water partition coefficient (Wildman–Crippen LogP) is 1.37. The summed E-state index contributed by atoms with van der Waals surface area (Å²) in [7, 11) is 0. The summed E-state index contributed by atoms with van der Waals surface area (Å²) in [5.41, 5.74) is -4.50. The zero-order valence-electron chi connectivity index (χ0n) is 10.9. The van der Waals surface area contributed by atoms with Gasteiger partial charge in [-0.15, -0.1) is 0 Å². The van der Waals surface area contributed by atoms with E-state index in [0.29, 0.717) is 0 Å². The molecule has 0 aromatic heterocycles. The van der Waals surface area contributed by atoms with Gasteiger partial charge in [-0.05, 0) is 20.3 Å². The second-order valence-corrected chi connectivity index (χ2v) is 4.56. The summed E-state index contributed by atoms with van der Waals surface area (Å²) < 4.78 is 48.2. The number of amides is 1. The Kier molecular flexibility index (Phi) is 4.14. The Bertz CT molecular complexity index is 385. The number of esters is 1. The van der Waals surface area contributed by atoms with Gasteiger partial charge in [0.2, 0.25) is 5.91 Å². The number of alkyl halides is 3. The first-order chi connectivity index (χ1) is 8.63. The smallest absolute Gasteiger partial charge is 0.448 e. The molecule has 5 nitrogen and oxygen atoms in total. The molecule has 0 aromatic rings. The second kappa shape index (κ2) is 4.99. The fraction of sp³-hybridized carbons (Fsp3) is 0.818. The molecule has 1 rings (SSSR count). The first-order valence-electron chi connectivity index (χ1n) is 5.83. The summed E-state index contributed by atoms with van der Waals surface area (Å²) in [6.07, 6.45) is -4.81. The van der Waals surface area contributed by atoms with Crippen molar-refractivity contribution in [3.63, 3.8) is 0 Å². The van der Waals surface area contributed by atoms with Crippen LogP contribution >= 0.6 is 0 Å². The molecule has 19 heavy (non-hydrogen) atoms. The lowest BCUT2D eigenvalue weighted by atomic mass is 9.85. The Morgan fingerprint density at radius 2 is 2.05 bits per heavy atom. The van der Waals surface area contributed by atoms with Gasteiger partial charge in [0.1, 0.15) is 0 Å². The third-order valence-electron chi connectivity index (χ3n) is 3.19. The Hall–Kier alpha value is -1.31. The predicted molar refractivity (Wildman–Crippen MR) is 57.9 cm³/mol. The largest absolute Gasteiger partial charge is 0.462 e. The lowest BCUT2D eigenvalue weighted by Gasteiger charge is -2.43. The van der Waals surface area contributed by atoms with E-state index in [4.69, 9.17) is 0 Å². The second-order valence-electron chi connectivity index (χ2n) is 4.56. The van der Waals surface area contributed by atoms with Crippen molar-refractivity contribution in [3.8, 4) is 0 Å². The Morgan fingerprint density at radius 3 is 2.42 bits per heavy atom. The SMILES string of the molecule is CCOC(=O)C1(C(F)(F)F)NC(=O)C(C)(CC)CO1. The first-order valence-corrected chi connectivity index (χ1v) is 5.83. The van der Waals surface area contributed by atoms with Gasteiger partial charge in [0.25, 0.3) is 0 Å². The van der Waals surface area contributed by atoms with Crippen molar-refractivity contribution in [1.29, 1.82) is 0 Å². The van der Waals surface area contributed by atoms with Crippen LogP contribution in [0.2, 0.25) is 0 Å². The first kappa shape index (κ1) is 15.7. The molecule has 0 aliphatic carbocycles. The number of carbonyl (C=O) groups is 2. The molecule has 1 aliphatic heterocycles. The molecule has 1 amide bonds. The van der Waals surface area contributed by atoms with Gasteiger partial charge >= 0.3 is 17.9 Å². The van der Waals surface area contributed by atoms with Gasteiger partial charge in [0.05, 0.1) is 18.6 Å². The van der Waals surface area contributed by atoms with E-state index in [1.54, 1.807) is 12.2 Å². The third-order valence-corrected chi connectivity index (χ3v) is 3.19. The van der Waals surface area contributed by atoms with Crippen molar-refractivity contribution in [1.82, 2.24) is 5.32 Å². The number of ether oxygens (including phenoxy) is 2. The minimum atomic E-state index is -5.09. The maximum absolute atomic E-state index is 13.1. The van der Waals surface area contributed by atoms with Crippen LogP contribution < -0.4 is 5.32 Å². The molecule has 1 saturated heterocycles. The van der Waals surface area contributed by atoms with Crippen LogP contribution in [-0.2, 0) is 19.1 Å². The summed E-state index contributed by atoms with van der Waals surface area (Å²) in [6.45, 7) is 3.72. The highest BCUT2D eigenvalue weighted by Gasteiger charge is 2.68. The van der Waals surface area contributed by atoms with Crippen molar-refractivity contribution in [2.24, 2.45) is 5.41 Å². The van der Waals surface area contributed by atoms with Crippen LogP contribution in [0.15, 0.2) is 0 Å². The molecule has 2 unspecified atom stereocenters. The third kappa shape index (κ3) is 2.54. The maximum Gasteiger partial charge on any atom is 0.448 e. The number of halogens is 3. The molecule has 2 atom stereocenters.